The molecule has 8 heteroatoms. The van der Waals surface area contributed by atoms with Crippen LogP contribution >= 0.6 is 12.2 Å². The van der Waals surface area contributed by atoms with Crippen LogP contribution in [0, 0.1) is 17.6 Å². The van der Waals surface area contributed by atoms with Crippen molar-refractivity contribution in [2.75, 3.05) is 6.61 Å². The van der Waals surface area contributed by atoms with Crippen molar-refractivity contribution in [1.29, 1.82) is 0 Å². The molecule has 0 saturated heterocycles. The van der Waals surface area contributed by atoms with Crippen LogP contribution in [-0.2, 0) is 22.6 Å². The van der Waals surface area contributed by atoms with Crippen LogP contribution in [-0.4, -0.2) is 34.1 Å². The molecule has 2 unspecified atom stereocenters. The molecule has 2 atom stereocenters. The number of halogens is 2. The third-order valence-electron chi connectivity index (χ3n) is 3.87. The maximum atomic E-state index is 14.0. The molecule has 0 saturated carbocycles. The number of nitrogens with zero attached hydrogens (tertiary/aromatic N) is 2. The van der Waals surface area contributed by atoms with Gasteiger partial charge in [0.1, 0.15) is 12.3 Å². The quantitative estimate of drug-likeness (QED) is 0.490. The van der Waals surface area contributed by atoms with Crippen LogP contribution < -0.4 is 5.56 Å². The van der Waals surface area contributed by atoms with E-state index in [1.54, 1.807) is 38.5 Å². The number of alkyl halides is 2. The Bertz CT molecular complexity index is 700. The van der Waals surface area contributed by atoms with E-state index in [0.29, 0.717) is 16.9 Å². The van der Waals surface area contributed by atoms with E-state index in [9.17, 15) is 18.4 Å². The average Bonchev–Trinajstić information content (AvgIpc) is 2.56. The van der Waals surface area contributed by atoms with Gasteiger partial charge >= 0.3 is 5.97 Å². The zero-order valence-electron chi connectivity index (χ0n) is 15.1. The Morgan fingerprint density at radius 1 is 1.28 bits per heavy atom. The van der Waals surface area contributed by atoms with Crippen LogP contribution in [0.5, 0.6) is 0 Å². The molecule has 5 nitrogen and oxygen atoms in total. The van der Waals surface area contributed by atoms with Crippen LogP contribution in [0.4, 0.5) is 8.78 Å². The number of hydrogen-bond donors (Lipinski definition) is 0. The molecule has 0 aliphatic carbocycles. The van der Waals surface area contributed by atoms with Crippen molar-refractivity contribution in [3.05, 3.63) is 26.9 Å². The van der Waals surface area contributed by atoms with Crippen molar-refractivity contribution in [2.24, 2.45) is 5.92 Å². The number of aryl methyl sites for hydroxylation is 2. The van der Waals surface area contributed by atoms with E-state index in [1.807, 2.05) is 0 Å². The maximum absolute atomic E-state index is 14.0. The smallest absolute Gasteiger partial charge is 0.308 e. The Kier molecular flexibility index (Phi) is 8.41. The van der Waals surface area contributed by atoms with Crippen LogP contribution in [0.3, 0.4) is 0 Å². The summed E-state index contributed by atoms with van der Waals surface area (Å²) in [7, 11) is 0. The Balaban J connectivity index is 2.60. The Morgan fingerprint density at radius 2 is 1.88 bits per heavy atom. The molecule has 0 radical (unpaired) electrons. The molecule has 1 heterocycles. The fraction of sp³-hybridized carbons (Fsp3) is 0.706. The van der Waals surface area contributed by atoms with Gasteiger partial charge in [-0.05, 0) is 32.5 Å². The lowest BCUT2D eigenvalue weighted by Crippen LogP contribution is -2.27. The van der Waals surface area contributed by atoms with E-state index < -0.39 is 18.3 Å². The number of carbonyl (C=O) groups excluding carboxylic acids is 1. The largest absolute Gasteiger partial charge is 0.465 e. The summed E-state index contributed by atoms with van der Waals surface area (Å²) < 4.78 is 36.1. The second-order valence-electron chi connectivity index (χ2n) is 6.27. The number of rotatable bonds is 9. The number of ether oxygens (including phenoxy) is 1. The number of aromatic nitrogens is 2. The summed E-state index contributed by atoms with van der Waals surface area (Å²) in [5, 5.41) is 0. The molecule has 0 amide bonds. The Labute approximate surface area is 151 Å². The highest BCUT2D eigenvalue weighted by Crippen LogP contribution is 2.14. The van der Waals surface area contributed by atoms with Gasteiger partial charge in [-0.1, -0.05) is 13.8 Å². The highest BCUT2D eigenvalue weighted by Gasteiger charge is 2.21. The minimum Gasteiger partial charge on any atom is -0.465 e. The predicted octanol–water partition coefficient (Wildman–Crippen LogP) is 3.36. The van der Waals surface area contributed by atoms with Crippen LogP contribution in [0.25, 0.3) is 0 Å². The first kappa shape index (κ1) is 21.5. The number of esters is 1. The summed E-state index contributed by atoms with van der Waals surface area (Å²) in [6, 6.07) is 0. The molecule has 0 N–H and O–H groups in total. The molecule has 0 spiro atoms. The number of carbonyl (C=O) groups is 1. The molecule has 1 aromatic rings. The SMILES string of the molecule is CCn1c(=O)c(C)cn(CCC(F)C(F)CCOC(=O)C(C)C)c1=S. The third-order valence-corrected chi connectivity index (χ3v) is 4.33. The summed E-state index contributed by atoms with van der Waals surface area (Å²) in [6.07, 6.45) is -2.09. The Hall–Kier alpha value is -1.57. The van der Waals surface area contributed by atoms with Gasteiger partial charge in [-0.2, -0.15) is 0 Å². The van der Waals surface area contributed by atoms with Crippen molar-refractivity contribution in [3.8, 4) is 0 Å². The predicted molar refractivity (Wildman–Crippen MR) is 94.8 cm³/mol. The zero-order chi connectivity index (χ0) is 19.1. The van der Waals surface area contributed by atoms with E-state index in [2.05, 4.69) is 0 Å². The molecule has 0 bridgehead atoms. The van der Waals surface area contributed by atoms with Gasteiger partial charge in [0.25, 0.3) is 5.56 Å². The molecule has 142 valence electrons. The van der Waals surface area contributed by atoms with Gasteiger partial charge < -0.3 is 9.30 Å². The lowest BCUT2D eigenvalue weighted by Gasteiger charge is -2.16. The summed E-state index contributed by atoms with van der Waals surface area (Å²) in [5.41, 5.74) is 0.333. The van der Waals surface area contributed by atoms with Gasteiger partial charge in [-0.25, -0.2) is 8.78 Å². The molecule has 0 aliphatic rings. The average molecular weight is 376 g/mol. The second kappa shape index (κ2) is 9.79. The van der Waals surface area contributed by atoms with Gasteiger partial charge in [0.15, 0.2) is 4.77 Å². The topological polar surface area (TPSA) is 53.2 Å². The minimum atomic E-state index is -1.72. The van der Waals surface area contributed by atoms with Crippen molar-refractivity contribution < 1.29 is 18.3 Å². The minimum absolute atomic E-state index is 0.0744. The third kappa shape index (κ3) is 6.02. The number of hydrogen-bond acceptors (Lipinski definition) is 4. The molecular formula is C17H26F2N2O3S. The maximum Gasteiger partial charge on any atom is 0.308 e. The summed E-state index contributed by atoms with van der Waals surface area (Å²) in [6.45, 7) is 7.27. The first-order chi connectivity index (χ1) is 11.7. The second-order valence-corrected chi connectivity index (χ2v) is 6.63. The fourth-order valence-electron chi connectivity index (χ4n) is 2.30. The van der Waals surface area contributed by atoms with Gasteiger partial charge in [-0.15, -0.1) is 0 Å². The molecule has 0 aliphatic heterocycles. The van der Waals surface area contributed by atoms with Crippen molar-refractivity contribution >= 4 is 18.2 Å². The lowest BCUT2D eigenvalue weighted by molar-refractivity contribution is -0.147. The molecule has 0 aromatic carbocycles. The first-order valence-corrected chi connectivity index (χ1v) is 8.85. The van der Waals surface area contributed by atoms with Gasteiger partial charge in [0.2, 0.25) is 0 Å². The normalized spacial score (nSPS) is 13.7. The van der Waals surface area contributed by atoms with Crippen LogP contribution in [0.2, 0.25) is 0 Å². The Morgan fingerprint density at radius 3 is 2.44 bits per heavy atom. The molecular weight excluding hydrogens is 350 g/mol. The van der Waals surface area contributed by atoms with Crippen molar-refractivity contribution in [2.45, 2.75) is 66.0 Å². The van der Waals surface area contributed by atoms with E-state index in [4.69, 9.17) is 17.0 Å². The molecule has 1 aromatic heterocycles. The summed E-state index contributed by atoms with van der Waals surface area (Å²) in [5.74, 6) is -0.718. The summed E-state index contributed by atoms with van der Waals surface area (Å²) in [4.78, 5) is 23.2. The van der Waals surface area contributed by atoms with E-state index >= 15 is 0 Å². The van der Waals surface area contributed by atoms with Crippen LogP contribution in [0.15, 0.2) is 11.0 Å². The van der Waals surface area contributed by atoms with Crippen molar-refractivity contribution in [3.63, 3.8) is 0 Å². The van der Waals surface area contributed by atoms with E-state index in [-0.39, 0.29) is 37.5 Å². The standard InChI is InChI=1S/C17H26F2N2O3S/c1-5-21-15(22)12(4)10-20(17(21)25)8-6-13(18)14(19)7-9-24-16(23)11(2)3/h10-11,13-14H,5-9H2,1-4H3. The van der Waals surface area contributed by atoms with Gasteiger partial charge in [0.05, 0.1) is 12.5 Å². The van der Waals surface area contributed by atoms with E-state index in [1.165, 1.54) is 4.57 Å². The highest BCUT2D eigenvalue weighted by atomic mass is 32.1. The summed E-state index contributed by atoms with van der Waals surface area (Å²) >= 11 is 5.23. The lowest BCUT2D eigenvalue weighted by atomic mass is 10.1. The van der Waals surface area contributed by atoms with Gasteiger partial charge in [-0.3, -0.25) is 14.2 Å². The monoisotopic (exact) mass is 376 g/mol. The van der Waals surface area contributed by atoms with Crippen molar-refractivity contribution in [1.82, 2.24) is 9.13 Å². The highest BCUT2D eigenvalue weighted by molar-refractivity contribution is 7.71. The molecule has 25 heavy (non-hydrogen) atoms. The fourth-order valence-corrected chi connectivity index (χ4v) is 2.66. The van der Waals surface area contributed by atoms with Gasteiger partial charge in [0, 0.05) is 31.3 Å². The van der Waals surface area contributed by atoms with E-state index in [0.717, 1.165) is 0 Å². The van der Waals surface area contributed by atoms with Crippen LogP contribution in [0.1, 0.15) is 39.2 Å². The molecule has 1 rings (SSSR count). The zero-order valence-corrected chi connectivity index (χ0v) is 15.9. The first-order valence-electron chi connectivity index (χ1n) is 8.44. The molecule has 0 fully saturated rings.